The van der Waals surface area contributed by atoms with Crippen LogP contribution in [-0.2, 0) is 16.1 Å². The number of amides is 2. The van der Waals surface area contributed by atoms with Crippen LogP contribution in [0, 0.1) is 0 Å². The number of hydrogen-bond acceptors (Lipinski definition) is 7. The van der Waals surface area contributed by atoms with Crippen LogP contribution in [0.25, 0.3) is 0 Å². The summed E-state index contributed by atoms with van der Waals surface area (Å²) < 4.78 is 10.3. The molecule has 1 atom stereocenters. The maximum atomic E-state index is 12.7. The van der Waals surface area contributed by atoms with Crippen molar-refractivity contribution in [2.24, 2.45) is 0 Å². The van der Waals surface area contributed by atoms with Crippen LogP contribution in [-0.4, -0.2) is 40.6 Å². The Kier molecular flexibility index (Phi) is 6.77. The number of ether oxygens (including phenoxy) is 2. The predicted molar refractivity (Wildman–Crippen MR) is 111 cm³/mol. The number of carbonyl (C=O) groups is 3. The maximum Gasteiger partial charge on any atom is 0.338 e. The zero-order chi connectivity index (χ0) is 20.8. The first kappa shape index (κ1) is 20.7. The number of rotatable bonds is 8. The van der Waals surface area contributed by atoms with E-state index in [0.29, 0.717) is 18.8 Å². The molecule has 1 heterocycles. The third kappa shape index (κ3) is 5.08. The van der Waals surface area contributed by atoms with Crippen LogP contribution >= 0.6 is 11.8 Å². The second-order valence-electron chi connectivity index (χ2n) is 6.21. The molecule has 1 N–H and O–H groups in total. The lowest BCUT2D eigenvalue weighted by molar-refractivity contribution is -0.126. The first-order valence-corrected chi connectivity index (χ1v) is 10.2. The summed E-state index contributed by atoms with van der Waals surface area (Å²) in [6.45, 7) is 4.68. The average Bonchev–Trinajstić information content (AvgIpc) is 2.98. The van der Waals surface area contributed by atoms with Crippen LogP contribution in [0.3, 0.4) is 0 Å². The molecule has 1 fully saturated rings. The summed E-state index contributed by atoms with van der Waals surface area (Å²) in [5.41, 5.74) is 1.91. The van der Waals surface area contributed by atoms with Crippen LogP contribution in [0.5, 0.6) is 5.75 Å². The molecule has 29 heavy (non-hydrogen) atoms. The summed E-state index contributed by atoms with van der Waals surface area (Å²) in [5.74, 6) is 0.0401. The van der Waals surface area contributed by atoms with Crippen LogP contribution in [0.4, 0.5) is 10.5 Å². The standard InChI is InChI=1S/C21H22N2O5S/c1-3-27-17-11-9-16(10-12-17)22-18-19(24)23(21(26)29-18)13-14-5-7-15(8-6-14)20(25)28-4-2/h5-12,18,22H,3-4,13H2,1-2H3/t18-/m0/s1. The molecule has 1 aliphatic heterocycles. The van der Waals surface area contributed by atoms with Crippen molar-refractivity contribution in [1.82, 2.24) is 4.90 Å². The highest BCUT2D eigenvalue weighted by Gasteiger charge is 2.39. The number of anilines is 1. The van der Waals surface area contributed by atoms with Crippen molar-refractivity contribution in [3.05, 3.63) is 59.7 Å². The van der Waals surface area contributed by atoms with Crippen molar-refractivity contribution in [3.8, 4) is 5.75 Å². The van der Waals surface area contributed by atoms with E-state index in [9.17, 15) is 14.4 Å². The van der Waals surface area contributed by atoms with Gasteiger partial charge in [0.15, 0.2) is 5.37 Å². The number of nitrogens with zero attached hydrogens (tertiary/aromatic N) is 1. The van der Waals surface area contributed by atoms with E-state index in [-0.39, 0.29) is 17.7 Å². The number of nitrogens with one attached hydrogen (secondary N) is 1. The fourth-order valence-corrected chi connectivity index (χ4v) is 3.70. The normalized spacial score (nSPS) is 16.1. The van der Waals surface area contributed by atoms with E-state index in [0.717, 1.165) is 28.8 Å². The topological polar surface area (TPSA) is 84.9 Å². The molecule has 1 saturated heterocycles. The molecule has 0 spiro atoms. The molecule has 8 heteroatoms. The van der Waals surface area contributed by atoms with Crippen LogP contribution in [0.2, 0.25) is 0 Å². The van der Waals surface area contributed by atoms with Gasteiger partial charge in [-0.25, -0.2) is 4.79 Å². The molecular formula is C21H22N2O5S. The van der Waals surface area contributed by atoms with Crippen molar-refractivity contribution < 1.29 is 23.9 Å². The van der Waals surface area contributed by atoms with E-state index >= 15 is 0 Å². The highest BCUT2D eigenvalue weighted by Crippen LogP contribution is 2.30. The van der Waals surface area contributed by atoms with E-state index in [1.54, 1.807) is 55.5 Å². The lowest BCUT2D eigenvalue weighted by Gasteiger charge is -2.15. The SMILES string of the molecule is CCOC(=O)c1ccc(CN2C(=O)S[C@H](Nc3ccc(OCC)cc3)C2=O)cc1. The number of benzene rings is 2. The Hall–Kier alpha value is -3.00. The number of thioether (sulfide) groups is 1. The van der Waals surface area contributed by atoms with Gasteiger partial charge in [-0.2, -0.15) is 0 Å². The van der Waals surface area contributed by atoms with Crippen molar-refractivity contribution in [2.75, 3.05) is 18.5 Å². The first-order chi connectivity index (χ1) is 14.0. The summed E-state index contributed by atoms with van der Waals surface area (Å²) in [6, 6.07) is 13.9. The minimum atomic E-state index is -0.681. The monoisotopic (exact) mass is 414 g/mol. The Morgan fingerprint density at radius 1 is 1.03 bits per heavy atom. The molecule has 0 saturated carbocycles. The molecule has 7 nitrogen and oxygen atoms in total. The predicted octanol–water partition coefficient (Wildman–Crippen LogP) is 3.90. The second kappa shape index (κ2) is 9.47. The fraction of sp³-hybridized carbons (Fsp3) is 0.286. The molecule has 2 amide bonds. The third-order valence-electron chi connectivity index (χ3n) is 4.20. The zero-order valence-electron chi connectivity index (χ0n) is 16.2. The Morgan fingerprint density at radius 2 is 1.72 bits per heavy atom. The van der Waals surface area contributed by atoms with Gasteiger partial charge in [-0.3, -0.25) is 14.5 Å². The van der Waals surface area contributed by atoms with Crippen molar-refractivity contribution >= 4 is 34.6 Å². The largest absolute Gasteiger partial charge is 0.494 e. The van der Waals surface area contributed by atoms with Gasteiger partial charge in [-0.05, 0) is 67.6 Å². The summed E-state index contributed by atoms with van der Waals surface area (Å²) in [4.78, 5) is 37.9. The molecule has 0 radical (unpaired) electrons. The van der Waals surface area contributed by atoms with E-state index in [4.69, 9.17) is 9.47 Å². The summed E-state index contributed by atoms with van der Waals surface area (Å²) in [5, 5.41) is 2.09. The molecule has 0 aliphatic carbocycles. The van der Waals surface area contributed by atoms with E-state index in [1.165, 1.54) is 4.90 Å². The molecular weight excluding hydrogens is 392 g/mol. The Morgan fingerprint density at radius 3 is 2.34 bits per heavy atom. The number of hydrogen-bond donors (Lipinski definition) is 1. The Balaban J connectivity index is 1.62. The van der Waals surface area contributed by atoms with Gasteiger partial charge < -0.3 is 14.8 Å². The van der Waals surface area contributed by atoms with Gasteiger partial charge in [0.05, 0.1) is 25.3 Å². The highest BCUT2D eigenvalue weighted by atomic mass is 32.2. The first-order valence-electron chi connectivity index (χ1n) is 9.29. The number of esters is 1. The highest BCUT2D eigenvalue weighted by molar-refractivity contribution is 8.15. The smallest absolute Gasteiger partial charge is 0.338 e. The lowest BCUT2D eigenvalue weighted by atomic mass is 10.1. The van der Waals surface area contributed by atoms with Gasteiger partial charge in [0.2, 0.25) is 0 Å². The van der Waals surface area contributed by atoms with E-state index in [2.05, 4.69) is 5.32 Å². The Bertz CT molecular complexity index is 883. The van der Waals surface area contributed by atoms with E-state index < -0.39 is 11.3 Å². The minimum Gasteiger partial charge on any atom is -0.494 e. The van der Waals surface area contributed by atoms with Crippen molar-refractivity contribution in [1.29, 1.82) is 0 Å². The summed E-state index contributed by atoms with van der Waals surface area (Å²) in [6.07, 6.45) is 0. The molecule has 0 unspecified atom stereocenters. The molecule has 1 aliphatic rings. The molecule has 2 aromatic carbocycles. The van der Waals surface area contributed by atoms with Crippen molar-refractivity contribution in [3.63, 3.8) is 0 Å². The Labute approximate surface area is 173 Å². The van der Waals surface area contributed by atoms with Gasteiger partial charge in [-0.15, -0.1) is 0 Å². The molecule has 0 aromatic heterocycles. The van der Waals surface area contributed by atoms with Crippen LogP contribution < -0.4 is 10.1 Å². The van der Waals surface area contributed by atoms with Gasteiger partial charge in [-0.1, -0.05) is 12.1 Å². The fourth-order valence-electron chi connectivity index (χ4n) is 2.79. The zero-order valence-corrected chi connectivity index (χ0v) is 17.0. The quantitative estimate of drug-likeness (QED) is 0.656. The summed E-state index contributed by atoms with van der Waals surface area (Å²) >= 11 is 0.946. The molecule has 152 valence electrons. The molecule has 2 aromatic rings. The molecule has 0 bridgehead atoms. The van der Waals surface area contributed by atoms with Gasteiger partial charge in [0, 0.05) is 5.69 Å². The lowest BCUT2D eigenvalue weighted by Crippen LogP contribution is -2.33. The minimum absolute atomic E-state index is 0.148. The third-order valence-corrected chi connectivity index (χ3v) is 5.18. The van der Waals surface area contributed by atoms with Gasteiger partial charge >= 0.3 is 5.97 Å². The summed E-state index contributed by atoms with van der Waals surface area (Å²) in [7, 11) is 0. The average molecular weight is 414 g/mol. The van der Waals surface area contributed by atoms with Crippen LogP contribution in [0.15, 0.2) is 48.5 Å². The van der Waals surface area contributed by atoms with Gasteiger partial charge in [0.1, 0.15) is 5.75 Å². The van der Waals surface area contributed by atoms with E-state index in [1.807, 2.05) is 6.92 Å². The van der Waals surface area contributed by atoms with Crippen LogP contribution in [0.1, 0.15) is 29.8 Å². The maximum absolute atomic E-state index is 12.7. The second-order valence-corrected chi connectivity index (χ2v) is 7.26. The number of imide groups is 1. The van der Waals surface area contributed by atoms with Gasteiger partial charge in [0.25, 0.3) is 11.1 Å². The van der Waals surface area contributed by atoms with Crippen molar-refractivity contribution in [2.45, 2.75) is 25.8 Å². The number of carbonyl (C=O) groups excluding carboxylic acids is 3. The molecule has 3 rings (SSSR count).